The van der Waals surface area contributed by atoms with Crippen LogP contribution in [0, 0.1) is 6.92 Å². The summed E-state index contributed by atoms with van der Waals surface area (Å²) in [6, 6.07) is 13.0. The molecule has 1 N–H and O–H groups in total. The van der Waals surface area contributed by atoms with Gasteiger partial charge in [-0.3, -0.25) is 4.98 Å². The van der Waals surface area contributed by atoms with Gasteiger partial charge in [0, 0.05) is 22.8 Å². The number of hydrogen-bond acceptors (Lipinski definition) is 3. The zero-order valence-corrected chi connectivity index (χ0v) is 12.6. The van der Waals surface area contributed by atoms with E-state index in [0.29, 0.717) is 6.04 Å². The van der Waals surface area contributed by atoms with Gasteiger partial charge < -0.3 is 5.32 Å². The second-order valence-corrected chi connectivity index (χ2v) is 5.99. The first-order valence-corrected chi connectivity index (χ1v) is 7.80. The fourth-order valence-electron chi connectivity index (χ4n) is 2.51. The highest BCUT2D eigenvalue weighted by atomic mass is 32.1. The minimum Gasteiger partial charge on any atom is -0.382 e. The van der Waals surface area contributed by atoms with Gasteiger partial charge in [-0.25, -0.2) is 0 Å². The van der Waals surface area contributed by atoms with E-state index in [2.05, 4.69) is 58.3 Å². The van der Waals surface area contributed by atoms with Crippen LogP contribution < -0.4 is 5.32 Å². The first-order valence-electron chi connectivity index (χ1n) is 6.86. The summed E-state index contributed by atoms with van der Waals surface area (Å²) in [4.78, 5) is 4.58. The molecule has 0 amide bonds. The first kappa shape index (κ1) is 13.1. The number of thiophene rings is 1. The number of pyridine rings is 1. The minimum atomic E-state index is 0.398. The van der Waals surface area contributed by atoms with Crippen LogP contribution in [0.15, 0.2) is 47.2 Å². The lowest BCUT2D eigenvalue weighted by Gasteiger charge is -2.17. The zero-order valence-electron chi connectivity index (χ0n) is 11.8. The maximum atomic E-state index is 4.58. The Balaban J connectivity index is 1.86. The van der Waals surface area contributed by atoms with Gasteiger partial charge in [0.1, 0.15) is 0 Å². The Morgan fingerprint density at radius 2 is 2.10 bits per heavy atom. The number of aryl methyl sites for hydroxylation is 1. The molecule has 2 aromatic heterocycles. The SMILES string of the molecule is Cc1cc(NC(C)Cc2ccsc2)c2ccccc2n1. The number of para-hydroxylation sites is 1. The Hall–Kier alpha value is -1.87. The lowest BCUT2D eigenvalue weighted by Crippen LogP contribution is -2.18. The van der Waals surface area contributed by atoms with E-state index in [1.165, 1.54) is 16.6 Å². The lowest BCUT2D eigenvalue weighted by atomic mass is 10.1. The van der Waals surface area contributed by atoms with Crippen molar-refractivity contribution < 1.29 is 0 Å². The quantitative estimate of drug-likeness (QED) is 0.753. The summed E-state index contributed by atoms with van der Waals surface area (Å²) in [5, 5.41) is 9.17. The van der Waals surface area contributed by atoms with E-state index in [9.17, 15) is 0 Å². The van der Waals surface area contributed by atoms with Gasteiger partial charge in [0.05, 0.1) is 5.52 Å². The molecule has 1 aromatic carbocycles. The molecule has 0 aliphatic carbocycles. The molecule has 0 spiro atoms. The molecule has 3 heteroatoms. The molecule has 1 unspecified atom stereocenters. The number of aromatic nitrogens is 1. The molecule has 0 aliphatic rings. The Kier molecular flexibility index (Phi) is 3.70. The number of fused-ring (bicyclic) bond motifs is 1. The monoisotopic (exact) mass is 282 g/mol. The standard InChI is InChI=1S/C17H18N2S/c1-12(9-14-7-8-20-11-14)19-17-10-13(2)18-16-6-4-3-5-15(16)17/h3-8,10-12H,9H2,1-2H3,(H,18,19). The van der Waals surface area contributed by atoms with Crippen LogP contribution in [0.25, 0.3) is 10.9 Å². The summed E-state index contributed by atoms with van der Waals surface area (Å²) >= 11 is 1.76. The molecule has 2 nitrogen and oxygen atoms in total. The van der Waals surface area contributed by atoms with Gasteiger partial charge in [0.2, 0.25) is 0 Å². The van der Waals surface area contributed by atoms with Crippen molar-refractivity contribution in [3.8, 4) is 0 Å². The van der Waals surface area contributed by atoms with Crippen molar-refractivity contribution in [1.29, 1.82) is 0 Å². The van der Waals surface area contributed by atoms with E-state index in [0.717, 1.165) is 17.6 Å². The highest BCUT2D eigenvalue weighted by Crippen LogP contribution is 2.24. The smallest absolute Gasteiger partial charge is 0.0725 e. The number of anilines is 1. The van der Waals surface area contributed by atoms with Crippen molar-refractivity contribution in [2.45, 2.75) is 26.3 Å². The average molecular weight is 282 g/mol. The fraction of sp³-hybridized carbons (Fsp3) is 0.235. The molecular formula is C17H18N2S. The Morgan fingerprint density at radius 1 is 1.25 bits per heavy atom. The Bertz CT molecular complexity index is 704. The predicted octanol–water partition coefficient (Wildman–Crippen LogP) is 4.65. The van der Waals surface area contributed by atoms with Crippen LogP contribution in [0.2, 0.25) is 0 Å². The van der Waals surface area contributed by atoms with E-state index in [1.807, 2.05) is 13.0 Å². The van der Waals surface area contributed by atoms with Gasteiger partial charge in [-0.15, -0.1) is 0 Å². The normalized spacial score (nSPS) is 12.5. The van der Waals surface area contributed by atoms with E-state index < -0.39 is 0 Å². The molecule has 1 atom stereocenters. The largest absolute Gasteiger partial charge is 0.382 e. The lowest BCUT2D eigenvalue weighted by molar-refractivity contribution is 0.793. The molecule has 102 valence electrons. The maximum Gasteiger partial charge on any atom is 0.0725 e. The summed E-state index contributed by atoms with van der Waals surface area (Å²) in [7, 11) is 0. The Morgan fingerprint density at radius 3 is 2.90 bits per heavy atom. The molecule has 0 radical (unpaired) electrons. The molecule has 0 saturated heterocycles. The number of benzene rings is 1. The molecule has 0 bridgehead atoms. The Labute approximate surface area is 123 Å². The van der Waals surface area contributed by atoms with E-state index in [1.54, 1.807) is 11.3 Å². The van der Waals surface area contributed by atoms with Crippen LogP contribution in [-0.4, -0.2) is 11.0 Å². The number of nitrogens with zero attached hydrogens (tertiary/aromatic N) is 1. The minimum absolute atomic E-state index is 0.398. The summed E-state index contributed by atoms with van der Waals surface area (Å²) < 4.78 is 0. The second-order valence-electron chi connectivity index (χ2n) is 5.21. The van der Waals surface area contributed by atoms with Crippen LogP contribution in [0.4, 0.5) is 5.69 Å². The summed E-state index contributed by atoms with van der Waals surface area (Å²) in [6.45, 7) is 4.27. The summed E-state index contributed by atoms with van der Waals surface area (Å²) in [5.41, 5.74) is 4.67. The van der Waals surface area contributed by atoms with E-state index >= 15 is 0 Å². The first-order chi connectivity index (χ1) is 9.72. The van der Waals surface area contributed by atoms with Crippen molar-refractivity contribution >= 4 is 27.9 Å². The zero-order chi connectivity index (χ0) is 13.9. The molecule has 3 aromatic rings. The number of hydrogen-bond donors (Lipinski definition) is 1. The molecule has 3 rings (SSSR count). The van der Waals surface area contributed by atoms with Crippen LogP contribution in [0.1, 0.15) is 18.2 Å². The van der Waals surface area contributed by atoms with Crippen molar-refractivity contribution in [2.75, 3.05) is 5.32 Å². The third kappa shape index (κ3) is 2.83. The van der Waals surface area contributed by atoms with Gasteiger partial charge in [-0.1, -0.05) is 18.2 Å². The number of nitrogens with one attached hydrogen (secondary N) is 1. The van der Waals surface area contributed by atoms with Crippen LogP contribution in [-0.2, 0) is 6.42 Å². The van der Waals surface area contributed by atoms with Crippen LogP contribution in [0.5, 0.6) is 0 Å². The highest BCUT2D eigenvalue weighted by molar-refractivity contribution is 7.07. The van der Waals surface area contributed by atoms with Crippen molar-refractivity contribution in [3.63, 3.8) is 0 Å². The van der Waals surface area contributed by atoms with Crippen LogP contribution in [0.3, 0.4) is 0 Å². The summed E-state index contributed by atoms with van der Waals surface area (Å²) in [6.07, 6.45) is 1.04. The fourth-order valence-corrected chi connectivity index (χ4v) is 3.19. The third-order valence-electron chi connectivity index (χ3n) is 3.37. The van der Waals surface area contributed by atoms with E-state index in [4.69, 9.17) is 0 Å². The molecule has 20 heavy (non-hydrogen) atoms. The summed E-state index contributed by atoms with van der Waals surface area (Å²) in [5.74, 6) is 0. The van der Waals surface area contributed by atoms with Gasteiger partial charge in [0.15, 0.2) is 0 Å². The number of rotatable bonds is 4. The third-order valence-corrected chi connectivity index (χ3v) is 4.10. The molecule has 2 heterocycles. The molecule has 0 saturated carbocycles. The van der Waals surface area contributed by atoms with Crippen molar-refractivity contribution in [1.82, 2.24) is 4.98 Å². The van der Waals surface area contributed by atoms with Gasteiger partial charge in [0.25, 0.3) is 0 Å². The molecule has 0 aliphatic heterocycles. The van der Waals surface area contributed by atoms with Gasteiger partial charge in [-0.2, -0.15) is 11.3 Å². The van der Waals surface area contributed by atoms with Gasteiger partial charge >= 0.3 is 0 Å². The van der Waals surface area contributed by atoms with E-state index in [-0.39, 0.29) is 0 Å². The second kappa shape index (κ2) is 5.63. The van der Waals surface area contributed by atoms with Gasteiger partial charge in [-0.05, 0) is 54.8 Å². The molecule has 0 fully saturated rings. The predicted molar refractivity (Wildman–Crippen MR) is 87.6 cm³/mol. The topological polar surface area (TPSA) is 24.9 Å². The van der Waals surface area contributed by atoms with Crippen LogP contribution >= 0.6 is 11.3 Å². The van der Waals surface area contributed by atoms with Crippen molar-refractivity contribution in [2.24, 2.45) is 0 Å². The van der Waals surface area contributed by atoms with Crippen molar-refractivity contribution in [3.05, 3.63) is 58.4 Å². The molecular weight excluding hydrogens is 264 g/mol. The highest BCUT2D eigenvalue weighted by Gasteiger charge is 2.08. The average Bonchev–Trinajstić information content (AvgIpc) is 2.91. The maximum absolute atomic E-state index is 4.58.